The molecule has 0 aromatic heterocycles. The van der Waals surface area contributed by atoms with Gasteiger partial charge in [0.1, 0.15) is 17.5 Å². The minimum absolute atomic E-state index is 0.0338. The smallest absolute Gasteiger partial charge is 0.411 e. The summed E-state index contributed by atoms with van der Waals surface area (Å²) in [5, 5.41) is 5.29. The van der Waals surface area contributed by atoms with E-state index < -0.39 is 47.5 Å². The zero-order valence-electron chi connectivity index (χ0n) is 20.8. The molecule has 0 radical (unpaired) electrons. The highest BCUT2D eigenvalue weighted by Gasteiger charge is 2.47. The van der Waals surface area contributed by atoms with Crippen molar-refractivity contribution < 1.29 is 32.3 Å². The summed E-state index contributed by atoms with van der Waals surface area (Å²) in [6.07, 6.45) is -1.80. The molecule has 5 rings (SSSR count). The number of benzene rings is 4. The summed E-state index contributed by atoms with van der Waals surface area (Å²) >= 11 is 0. The van der Waals surface area contributed by atoms with Gasteiger partial charge in [0.25, 0.3) is 11.8 Å². The monoisotopic (exact) mass is 545 g/mol. The number of carbonyl (C=O) groups is 3. The van der Waals surface area contributed by atoms with E-state index in [9.17, 15) is 27.6 Å². The minimum Gasteiger partial charge on any atom is -0.438 e. The van der Waals surface area contributed by atoms with Crippen LogP contribution < -0.4 is 10.6 Å². The molecule has 1 aliphatic heterocycles. The van der Waals surface area contributed by atoms with Crippen molar-refractivity contribution in [3.63, 3.8) is 0 Å². The zero-order valence-corrected chi connectivity index (χ0v) is 20.8. The van der Waals surface area contributed by atoms with Crippen molar-refractivity contribution in [2.75, 3.05) is 10.6 Å². The predicted molar refractivity (Wildman–Crippen MR) is 141 cm³/mol. The molecular formula is C30H22F3N3O4. The van der Waals surface area contributed by atoms with Crippen LogP contribution in [0.2, 0.25) is 0 Å². The molecule has 40 heavy (non-hydrogen) atoms. The van der Waals surface area contributed by atoms with Crippen molar-refractivity contribution in [2.24, 2.45) is 0 Å². The van der Waals surface area contributed by atoms with Crippen LogP contribution in [0.15, 0.2) is 97.1 Å². The summed E-state index contributed by atoms with van der Waals surface area (Å²) in [6, 6.07) is 21.3. The van der Waals surface area contributed by atoms with E-state index in [0.29, 0.717) is 22.5 Å². The van der Waals surface area contributed by atoms with Crippen LogP contribution in [0, 0.1) is 17.5 Å². The molecule has 0 spiro atoms. The minimum atomic E-state index is -1.14. The Balaban J connectivity index is 1.39. The average molecular weight is 546 g/mol. The van der Waals surface area contributed by atoms with Gasteiger partial charge in [0.2, 0.25) is 0 Å². The summed E-state index contributed by atoms with van der Waals surface area (Å²) in [7, 11) is 0. The Bertz CT molecular complexity index is 1540. The highest BCUT2D eigenvalue weighted by Crippen LogP contribution is 2.35. The molecule has 1 aliphatic rings. The van der Waals surface area contributed by atoms with Gasteiger partial charge in [0.05, 0.1) is 12.1 Å². The Labute approximate surface area is 227 Å². The van der Waals surface area contributed by atoms with E-state index in [1.165, 1.54) is 71.6 Å². The number of nitrogens with one attached hydrogen (secondary N) is 2. The van der Waals surface area contributed by atoms with Gasteiger partial charge in [-0.3, -0.25) is 14.5 Å². The van der Waals surface area contributed by atoms with Crippen molar-refractivity contribution >= 4 is 29.3 Å². The molecule has 0 saturated carbocycles. The van der Waals surface area contributed by atoms with E-state index >= 15 is 0 Å². The number of hydrogen-bond acceptors (Lipinski definition) is 4. The van der Waals surface area contributed by atoms with Gasteiger partial charge in [-0.05, 0) is 71.8 Å². The summed E-state index contributed by atoms with van der Waals surface area (Å²) in [6.45, 7) is -0.0338. The maximum absolute atomic E-state index is 14.0. The number of ether oxygens (including phenoxy) is 1. The molecule has 1 heterocycles. The molecule has 0 unspecified atom stereocenters. The lowest BCUT2D eigenvalue weighted by molar-refractivity contribution is -0.121. The fourth-order valence-corrected chi connectivity index (χ4v) is 4.35. The highest BCUT2D eigenvalue weighted by atomic mass is 19.1. The average Bonchev–Trinajstić information content (AvgIpc) is 3.27. The summed E-state index contributed by atoms with van der Waals surface area (Å²) in [5.41, 5.74) is 1.59. The Morgan fingerprint density at radius 1 is 0.750 bits per heavy atom. The Hall–Kier alpha value is -5.12. The third kappa shape index (κ3) is 5.80. The lowest BCUT2D eigenvalue weighted by atomic mass is 10.00. The topological polar surface area (TPSA) is 87.7 Å². The molecule has 10 heteroatoms. The van der Waals surface area contributed by atoms with Crippen LogP contribution >= 0.6 is 0 Å². The molecule has 4 aromatic carbocycles. The van der Waals surface area contributed by atoms with Gasteiger partial charge in [-0.1, -0.05) is 36.4 Å². The molecule has 2 N–H and O–H groups in total. The largest absolute Gasteiger partial charge is 0.438 e. The van der Waals surface area contributed by atoms with Crippen molar-refractivity contribution in [3.05, 3.63) is 131 Å². The fraction of sp³-hybridized carbons (Fsp3) is 0.100. The maximum Gasteiger partial charge on any atom is 0.411 e. The molecule has 7 nitrogen and oxygen atoms in total. The number of rotatable bonds is 7. The normalized spacial score (nSPS) is 16.4. The maximum atomic E-state index is 14.0. The molecule has 4 aromatic rings. The van der Waals surface area contributed by atoms with E-state index in [2.05, 4.69) is 10.6 Å². The van der Waals surface area contributed by atoms with E-state index in [4.69, 9.17) is 4.74 Å². The quantitative estimate of drug-likeness (QED) is 0.296. The first kappa shape index (κ1) is 26.5. The Kier molecular flexibility index (Phi) is 7.50. The third-order valence-electron chi connectivity index (χ3n) is 6.35. The van der Waals surface area contributed by atoms with Crippen LogP contribution in [0.25, 0.3) is 0 Å². The second-order valence-electron chi connectivity index (χ2n) is 9.06. The molecule has 0 bridgehead atoms. The van der Waals surface area contributed by atoms with Gasteiger partial charge in [0.15, 0.2) is 12.1 Å². The van der Waals surface area contributed by atoms with Gasteiger partial charge in [-0.25, -0.2) is 18.0 Å². The van der Waals surface area contributed by atoms with Crippen molar-refractivity contribution in [1.82, 2.24) is 4.90 Å². The molecular weight excluding hydrogens is 523 g/mol. The van der Waals surface area contributed by atoms with Gasteiger partial charge in [0, 0.05) is 11.4 Å². The third-order valence-corrected chi connectivity index (χ3v) is 6.35. The van der Waals surface area contributed by atoms with E-state index in [0.717, 1.165) is 0 Å². The standard InChI is InChI=1S/C30H22F3N3O4/c31-20-9-5-18(6-10-20)17-36-26(29(38)35-23-15-11-21(32)12-16-23)27(40-30(36)39)19-7-13-22(14-8-19)34-28(37)24-3-1-2-4-25(24)33/h1-16,26-27H,17H2,(H,34,37)(H,35,38)/t26-,27-/m0/s1. The van der Waals surface area contributed by atoms with Gasteiger partial charge >= 0.3 is 6.09 Å². The number of nitrogens with zero attached hydrogens (tertiary/aromatic N) is 1. The fourth-order valence-electron chi connectivity index (χ4n) is 4.35. The Morgan fingerprint density at radius 3 is 1.98 bits per heavy atom. The molecule has 2 atom stereocenters. The number of amides is 3. The van der Waals surface area contributed by atoms with Crippen LogP contribution in [0.4, 0.5) is 29.3 Å². The second-order valence-corrected chi connectivity index (χ2v) is 9.06. The van der Waals surface area contributed by atoms with E-state index in [-0.39, 0.29) is 12.1 Å². The first-order valence-corrected chi connectivity index (χ1v) is 12.2. The van der Waals surface area contributed by atoms with Crippen LogP contribution in [0.1, 0.15) is 27.6 Å². The Morgan fingerprint density at radius 2 is 1.32 bits per heavy atom. The van der Waals surface area contributed by atoms with Crippen molar-refractivity contribution in [1.29, 1.82) is 0 Å². The van der Waals surface area contributed by atoms with Gasteiger partial charge in [-0.2, -0.15) is 0 Å². The number of cyclic esters (lactones) is 1. The first-order valence-electron chi connectivity index (χ1n) is 12.2. The van der Waals surface area contributed by atoms with Crippen LogP contribution in [-0.4, -0.2) is 28.8 Å². The molecule has 1 fully saturated rings. The number of halogens is 3. The van der Waals surface area contributed by atoms with Gasteiger partial charge in [-0.15, -0.1) is 0 Å². The summed E-state index contributed by atoms with van der Waals surface area (Å²) in [5.74, 6) is -2.80. The van der Waals surface area contributed by atoms with Crippen LogP contribution in [0.5, 0.6) is 0 Å². The molecule has 3 amide bonds. The number of carbonyl (C=O) groups excluding carboxylic acids is 3. The molecule has 202 valence electrons. The number of hydrogen-bond donors (Lipinski definition) is 2. The SMILES string of the molecule is O=C(Nc1ccc([C@@H]2OC(=O)N(Cc3ccc(F)cc3)[C@@H]2C(=O)Nc2ccc(F)cc2)cc1)c1ccccc1F. The first-order chi connectivity index (χ1) is 19.3. The van der Waals surface area contributed by atoms with E-state index in [1.54, 1.807) is 30.3 Å². The summed E-state index contributed by atoms with van der Waals surface area (Å²) in [4.78, 5) is 40.1. The second kappa shape index (κ2) is 11.3. The lowest BCUT2D eigenvalue weighted by Crippen LogP contribution is -2.43. The van der Waals surface area contributed by atoms with Gasteiger partial charge < -0.3 is 15.4 Å². The van der Waals surface area contributed by atoms with E-state index in [1.807, 2.05) is 0 Å². The lowest BCUT2D eigenvalue weighted by Gasteiger charge is -2.24. The molecule has 0 aliphatic carbocycles. The predicted octanol–water partition coefficient (Wildman–Crippen LogP) is 6.06. The van der Waals surface area contributed by atoms with Crippen LogP contribution in [-0.2, 0) is 16.1 Å². The van der Waals surface area contributed by atoms with Crippen LogP contribution in [0.3, 0.4) is 0 Å². The highest BCUT2D eigenvalue weighted by molar-refractivity contribution is 6.04. The molecule has 1 saturated heterocycles. The summed E-state index contributed by atoms with van der Waals surface area (Å²) < 4.78 is 46.4. The van der Waals surface area contributed by atoms with Crippen molar-refractivity contribution in [2.45, 2.75) is 18.7 Å². The zero-order chi connectivity index (χ0) is 28.2. The van der Waals surface area contributed by atoms with Crippen molar-refractivity contribution in [3.8, 4) is 0 Å². The number of anilines is 2.